The zero-order valence-corrected chi connectivity index (χ0v) is 13.7. The first-order valence-corrected chi connectivity index (χ1v) is 7.71. The third kappa shape index (κ3) is 3.68. The van der Waals surface area contributed by atoms with Crippen molar-refractivity contribution in [2.75, 3.05) is 0 Å². The molecule has 0 fully saturated rings. The van der Waals surface area contributed by atoms with Gasteiger partial charge in [-0.15, -0.1) is 0 Å². The Morgan fingerprint density at radius 3 is 2.58 bits per heavy atom. The van der Waals surface area contributed by atoms with Crippen LogP contribution < -0.4 is 11.3 Å². The first-order valence-electron chi connectivity index (χ1n) is 7.71. The van der Waals surface area contributed by atoms with E-state index in [1.165, 1.54) is 19.0 Å². The van der Waals surface area contributed by atoms with Crippen LogP contribution >= 0.6 is 0 Å². The highest BCUT2D eigenvalue weighted by molar-refractivity contribution is 6.25. The van der Waals surface area contributed by atoms with E-state index < -0.39 is 5.97 Å². The van der Waals surface area contributed by atoms with Gasteiger partial charge in [-0.1, -0.05) is 42.5 Å². The van der Waals surface area contributed by atoms with Crippen molar-refractivity contribution in [2.45, 2.75) is 0 Å². The van der Waals surface area contributed by atoms with Gasteiger partial charge >= 0.3 is 5.97 Å². The Morgan fingerprint density at radius 2 is 1.92 bits per heavy atom. The minimum Gasteiger partial charge on any atom is -0.478 e. The highest BCUT2D eigenvalue weighted by Crippen LogP contribution is 2.33. The molecule has 0 unspecified atom stereocenters. The van der Waals surface area contributed by atoms with E-state index in [1.807, 2.05) is 6.07 Å². The van der Waals surface area contributed by atoms with Gasteiger partial charge < -0.3 is 14.9 Å². The van der Waals surface area contributed by atoms with Crippen molar-refractivity contribution < 1.29 is 14.3 Å². The van der Waals surface area contributed by atoms with Gasteiger partial charge in [0.15, 0.2) is 6.39 Å². The molecule has 4 N–H and O–H groups in total. The summed E-state index contributed by atoms with van der Waals surface area (Å²) >= 11 is 0. The number of rotatable bonds is 6. The Kier molecular flexibility index (Phi) is 5.21. The van der Waals surface area contributed by atoms with Crippen LogP contribution in [-0.4, -0.2) is 22.4 Å². The minimum atomic E-state index is -1.06. The van der Waals surface area contributed by atoms with Gasteiger partial charge in [-0.3, -0.25) is 0 Å². The monoisotopic (exact) mass is 348 g/mol. The maximum absolute atomic E-state index is 12.1. The van der Waals surface area contributed by atoms with Gasteiger partial charge in [0, 0.05) is 5.57 Å². The van der Waals surface area contributed by atoms with E-state index in [0.717, 1.165) is 0 Å². The van der Waals surface area contributed by atoms with E-state index in [2.05, 4.69) is 15.4 Å². The molecule has 2 aromatic carbocycles. The lowest BCUT2D eigenvalue weighted by molar-refractivity contribution is -0.130. The molecule has 0 amide bonds. The summed E-state index contributed by atoms with van der Waals surface area (Å²) in [5.74, 6) is 4.14. The SMILES string of the molecule is NNC=Nc1cccc(C(=C(C(=O)O)c2ccccc2)c2cocn2)c1. The average Bonchev–Trinajstić information content (AvgIpc) is 3.19. The number of aromatic nitrogens is 1. The molecule has 0 aliphatic rings. The van der Waals surface area contributed by atoms with Gasteiger partial charge in [0.25, 0.3) is 0 Å². The Bertz CT molecular complexity index is 948. The van der Waals surface area contributed by atoms with Gasteiger partial charge in [-0.2, -0.15) is 0 Å². The van der Waals surface area contributed by atoms with Crippen molar-refractivity contribution in [3.63, 3.8) is 0 Å². The largest absolute Gasteiger partial charge is 0.478 e. The Hall–Kier alpha value is -3.71. The number of nitrogens with two attached hydrogens (primary N) is 1. The second-order valence-corrected chi connectivity index (χ2v) is 5.27. The molecular weight excluding hydrogens is 332 g/mol. The summed E-state index contributed by atoms with van der Waals surface area (Å²) in [6, 6.07) is 16.0. The van der Waals surface area contributed by atoms with E-state index >= 15 is 0 Å². The first-order chi connectivity index (χ1) is 12.7. The summed E-state index contributed by atoms with van der Waals surface area (Å²) in [5, 5.41) is 9.90. The summed E-state index contributed by atoms with van der Waals surface area (Å²) in [4.78, 5) is 20.4. The smallest absolute Gasteiger partial charge is 0.337 e. The molecule has 26 heavy (non-hydrogen) atoms. The van der Waals surface area contributed by atoms with Crippen LogP contribution in [0.15, 0.2) is 76.7 Å². The summed E-state index contributed by atoms with van der Waals surface area (Å²) in [6.07, 6.45) is 4.02. The van der Waals surface area contributed by atoms with Crippen molar-refractivity contribution >= 4 is 29.1 Å². The predicted octanol–water partition coefficient (Wildman–Crippen LogP) is 2.84. The number of oxazole rings is 1. The molecule has 1 heterocycles. The lowest BCUT2D eigenvalue weighted by atomic mass is 9.92. The van der Waals surface area contributed by atoms with Crippen molar-refractivity contribution in [1.82, 2.24) is 10.4 Å². The average molecular weight is 348 g/mol. The van der Waals surface area contributed by atoms with E-state index in [1.54, 1.807) is 48.5 Å². The fraction of sp³-hybridized carbons (Fsp3) is 0. The van der Waals surface area contributed by atoms with E-state index in [9.17, 15) is 9.90 Å². The summed E-state index contributed by atoms with van der Waals surface area (Å²) in [7, 11) is 0. The van der Waals surface area contributed by atoms with Crippen LogP contribution in [0.2, 0.25) is 0 Å². The molecular formula is C19H16N4O3. The van der Waals surface area contributed by atoms with Crippen molar-refractivity contribution in [1.29, 1.82) is 0 Å². The van der Waals surface area contributed by atoms with Gasteiger partial charge in [0.2, 0.25) is 0 Å². The fourth-order valence-corrected chi connectivity index (χ4v) is 2.59. The van der Waals surface area contributed by atoms with Crippen molar-refractivity contribution in [3.8, 4) is 0 Å². The number of carbonyl (C=O) groups is 1. The molecule has 0 aliphatic carbocycles. The molecule has 3 aromatic rings. The van der Waals surface area contributed by atoms with Gasteiger partial charge in [-0.05, 0) is 23.3 Å². The number of aliphatic imine (C=N–C) groups is 1. The van der Waals surface area contributed by atoms with Crippen molar-refractivity contribution in [3.05, 3.63) is 84.1 Å². The van der Waals surface area contributed by atoms with E-state index in [4.69, 9.17) is 10.3 Å². The summed E-state index contributed by atoms with van der Waals surface area (Å²) < 4.78 is 5.08. The number of carboxylic acids is 1. The fourth-order valence-electron chi connectivity index (χ4n) is 2.59. The van der Waals surface area contributed by atoms with Crippen LogP contribution in [0.4, 0.5) is 5.69 Å². The molecule has 0 bridgehead atoms. The topological polar surface area (TPSA) is 114 Å². The van der Waals surface area contributed by atoms with Crippen LogP contribution in [-0.2, 0) is 4.79 Å². The highest BCUT2D eigenvalue weighted by Gasteiger charge is 2.21. The highest BCUT2D eigenvalue weighted by atomic mass is 16.4. The second kappa shape index (κ2) is 7.91. The number of aliphatic carboxylic acids is 1. The quantitative estimate of drug-likeness (QED) is 0.158. The lowest BCUT2D eigenvalue weighted by Gasteiger charge is -2.12. The van der Waals surface area contributed by atoms with Gasteiger partial charge in [0.05, 0.1) is 11.3 Å². The van der Waals surface area contributed by atoms with Gasteiger partial charge in [-0.25, -0.2) is 20.6 Å². The number of hydrazine groups is 1. The number of hydrogen-bond acceptors (Lipinski definition) is 5. The molecule has 3 rings (SSSR count). The summed E-state index contributed by atoms with van der Waals surface area (Å²) in [6.45, 7) is 0. The second-order valence-electron chi connectivity index (χ2n) is 5.27. The molecule has 0 spiro atoms. The molecule has 0 aliphatic heterocycles. The molecule has 0 saturated heterocycles. The van der Waals surface area contributed by atoms with Crippen LogP contribution in [0.5, 0.6) is 0 Å². The predicted molar refractivity (Wildman–Crippen MR) is 98.4 cm³/mol. The number of benzene rings is 2. The zero-order valence-electron chi connectivity index (χ0n) is 13.7. The Balaban J connectivity index is 2.27. The maximum Gasteiger partial charge on any atom is 0.337 e. The molecule has 130 valence electrons. The minimum absolute atomic E-state index is 0.123. The molecule has 0 atom stereocenters. The Morgan fingerprint density at radius 1 is 1.15 bits per heavy atom. The van der Waals surface area contributed by atoms with Crippen LogP contribution in [0, 0.1) is 0 Å². The first kappa shape index (κ1) is 17.1. The molecule has 7 heteroatoms. The van der Waals surface area contributed by atoms with Crippen LogP contribution in [0.3, 0.4) is 0 Å². The number of nitrogens with one attached hydrogen (secondary N) is 1. The third-order valence-corrected chi connectivity index (χ3v) is 3.64. The lowest BCUT2D eigenvalue weighted by Crippen LogP contribution is -2.18. The number of nitrogens with zero attached hydrogens (tertiary/aromatic N) is 2. The molecule has 0 saturated carbocycles. The van der Waals surface area contributed by atoms with Crippen LogP contribution in [0.25, 0.3) is 11.1 Å². The molecule has 0 radical (unpaired) electrons. The third-order valence-electron chi connectivity index (χ3n) is 3.64. The van der Waals surface area contributed by atoms with Crippen molar-refractivity contribution in [2.24, 2.45) is 10.8 Å². The standard InChI is InChI=1S/C19H16N4O3/c20-23-11-21-15-8-4-7-14(9-15)17(16-10-26-12-22-16)18(19(24)25)13-5-2-1-3-6-13/h1-12H,20H2,(H,21,23)(H,24,25). The maximum atomic E-state index is 12.1. The molecule has 7 nitrogen and oxygen atoms in total. The Labute approximate surface area is 149 Å². The normalized spacial score (nSPS) is 12.0. The number of carboxylic acid groups (broad SMARTS) is 1. The van der Waals surface area contributed by atoms with E-state index in [0.29, 0.717) is 28.1 Å². The molecule has 1 aromatic heterocycles. The van der Waals surface area contributed by atoms with Gasteiger partial charge in [0.1, 0.15) is 18.3 Å². The zero-order chi connectivity index (χ0) is 18.4. The van der Waals surface area contributed by atoms with Crippen LogP contribution in [0.1, 0.15) is 16.8 Å². The summed E-state index contributed by atoms with van der Waals surface area (Å²) in [5.41, 5.74) is 5.14. The number of hydrogen-bond donors (Lipinski definition) is 3. The van der Waals surface area contributed by atoms with E-state index in [-0.39, 0.29) is 5.57 Å².